The molecule has 1 saturated carbocycles. The Balaban J connectivity index is 1.22. The number of aliphatic hydroxyl groups is 1. The van der Waals surface area contributed by atoms with Gasteiger partial charge in [0.1, 0.15) is 5.65 Å². The number of rotatable bonds is 5. The van der Waals surface area contributed by atoms with Gasteiger partial charge in [0.05, 0.1) is 46.1 Å². The van der Waals surface area contributed by atoms with Crippen LogP contribution in [0.4, 0.5) is 5.13 Å². The van der Waals surface area contributed by atoms with Crippen molar-refractivity contribution in [2.45, 2.75) is 44.2 Å². The van der Waals surface area contributed by atoms with Crippen molar-refractivity contribution < 1.29 is 5.11 Å². The zero-order valence-corrected chi connectivity index (χ0v) is 18.2. The highest BCUT2D eigenvalue weighted by molar-refractivity contribution is 7.22. The number of hydrogen-bond donors (Lipinski definition) is 2. The molecule has 1 aliphatic carbocycles. The summed E-state index contributed by atoms with van der Waals surface area (Å²) >= 11 is 1.65. The van der Waals surface area contributed by atoms with Gasteiger partial charge in [0, 0.05) is 24.9 Å². The number of thiazole rings is 1. The van der Waals surface area contributed by atoms with E-state index < -0.39 is 0 Å². The molecule has 2 unspecified atom stereocenters. The number of fused-ring (bicyclic) bond motifs is 2. The maximum Gasteiger partial charge on any atom is 0.184 e. The first-order chi connectivity index (χ1) is 15.7. The summed E-state index contributed by atoms with van der Waals surface area (Å²) in [4.78, 5) is 9.52. The van der Waals surface area contributed by atoms with Gasteiger partial charge in [-0.25, -0.2) is 14.6 Å². The molecule has 162 valence electrons. The van der Waals surface area contributed by atoms with Crippen LogP contribution >= 0.6 is 11.3 Å². The van der Waals surface area contributed by atoms with Crippen LogP contribution in [-0.4, -0.2) is 46.6 Å². The van der Waals surface area contributed by atoms with E-state index in [0.29, 0.717) is 0 Å². The smallest absolute Gasteiger partial charge is 0.184 e. The summed E-state index contributed by atoms with van der Waals surface area (Å²) in [6.07, 6.45) is 12.1. The third-order valence-electron chi connectivity index (χ3n) is 6.06. The van der Waals surface area contributed by atoms with Crippen LogP contribution in [0, 0.1) is 0 Å². The maximum absolute atomic E-state index is 10.2. The standard InChI is InChI=1S/C23H23N7OS/c31-20-4-2-1-3-18(20)26-23-27-19-6-5-15(12-21(19)32-23)11-16-14-29-9-7-17(13-22(29)25-16)30-10-8-24-28-30/h5-10,12-14,18,20,31H,1-4,11H2,(H,26,27). The van der Waals surface area contributed by atoms with Gasteiger partial charge in [0.25, 0.3) is 0 Å². The molecule has 32 heavy (non-hydrogen) atoms. The summed E-state index contributed by atoms with van der Waals surface area (Å²) in [5.41, 5.74) is 5.00. The summed E-state index contributed by atoms with van der Waals surface area (Å²) in [6, 6.07) is 10.5. The Morgan fingerprint density at radius 2 is 2.03 bits per heavy atom. The second kappa shape index (κ2) is 7.99. The van der Waals surface area contributed by atoms with Crippen molar-refractivity contribution in [3.05, 3.63) is 66.4 Å². The van der Waals surface area contributed by atoms with E-state index in [1.165, 1.54) is 5.56 Å². The molecule has 4 aromatic heterocycles. The van der Waals surface area contributed by atoms with E-state index in [9.17, 15) is 5.11 Å². The van der Waals surface area contributed by atoms with Crippen LogP contribution in [0.25, 0.3) is 21.6 Å². The van der Waals surface area contributed by atoms with E-state index in [2.05, 4.69) is 40.0 Å². The normalized spacial score (nSPS) is 19.0. The highest BCUT2D eigenvalue weighted by Gasteiger charge is 2.23. The Morgan fingerprint density at radius 3 is 2.91 bits per heavy atom. The fraction of sp³-hybridized carbons (Fsp3) is 0.304. The molecular weight excluding hydrogens is 422 g/mol. The van der Waals surface area contributed by atoms with Crippen LogP contribution < -0.4 is 5.32 Å². The molecule has 9 heteroatoms. The van der Waals surface area contributed by atoms with Crippen molar-refractivity contribution in [2.24, 2.45) is 0 Å². The number of anilines is 1. The molecule has 0 saturated heterocycles. The van der Waals surface area contributed by atoms with E-state index in [0.717, 1.165) is 64.5 Å². The van der Waals surface area contributed by atoms with Gasteiger partial charge >= 0.3 is 0 Å². The molecular formula is C23H23N7OS. The molecule has 1 aliphatic rings. The van der Waals surface area contributed by atoms with Gasteiger partial charge in [0.2, 0.25) is 0 Å². The van der Waals surface area contributed by atoms with Crippen LogP contribution in [0.1, 0.15) is 36.9 Å². The quantitative estimate of drug-likeness (QED) is 0.427. The van der Waals surface area contributed by atoms with E-state index >= 15 is 0 Å². The van der Waals surface area contributed by atoms with E-state index in [1.54, 1.807) is 22.2 Å². The molecule has 8 nitrogen and oxygen atoms in total. The van der Waals surface area contributed by atoms with E-state index in [-0.39, 0.29) is 12.1 Å². The van der Waals surface area contributed by atoms with Gasteiger partial charge in [-0.05, 0) is 36.6 Å². The lowest BCUT2D eigenvalue weighted by molar-refractivity contribution is 0.116. The van der Waals surface area contributed by atoms with Gasteiger partial charge in [-0.3, -0.25) is 0 Å². The van der Waals surface area contributed by atoms with Gasteiger partial charge in [0.15, 0.2) is 5.13 Å². The summed E-state index contributed by atoms with van der Waals surface area (Å²) in [5.74, 6) is 0. The molecule has 1 fully saturated rings. The first-order valence-corrected chi connectivity index (χ1v) is 11.7. The Hall–Kier alpha value is -3.30. The molecule has 2 atom stereocenters. The summed E-state index contributed by atoms with van der Waals surface area (Å²) in [5, 5.41) is 22.5. The largest absolute Gasteiger partial charge is 0.391 e. The number of aromatic nitrogens is 6. The lowest BCUT2D eigenvalue weighted by atomic mass is 9.93. The molecule has 4 heterocycles. The lowest BCUT2D eigenvalue weighted by Crippen LogP contribution is -2.36. The van der Waals surface area contributed by atoms with Gasteiger partial charge in [-0.1, -0.05) is 35.5 Å². The van der Waals surface area contributed by atoms with Crippen molar-refractivity contribution >= 4 is 32.3 Å². The zero-order valence-electron chi connectivity index (χ0n) is 17.4. The molecule has 6 rings (SSSR count). The van der Waals surface area contributed by atoms with Crippen LogP contribution in [0.5, 0.6) is 0 Å². The predicted molar refractivity (Wildman–Crippen MR) is 124 cm³/mol. The number of nitrogens with one attached hydrogen (secondary N) is 1. The monoisotopic (exact) mass is 445 g/mol. The molecule has 5 aromatic rings. The van der Waals surface area contributed by atoms with Gasteiger partial charge < -0.3 is 14.8 Å². The minimum absolute atomic E-state index is 0.101. The van der Waals surface area contributed by atoms with Gasteiger partial charge in [-0.2, -0.15) is 0 Å². The molecule has 1 aromatic carbocycles. The zero-order chi connectivity index (χ0) is 21.5. The third-order valence-corrected chi connectivity index (χ3v) is 7.01. The number of nitrogens with zero attached hydrogens (tertiary/aromatic N) is 6. The second-order valence-electron chi connectivity index (χ2n) is 8.33. The minimum Gasteiger partial charge on any atom is -0.391 e. The van der Waals surface area contributed by atoms with Crippen LogP contribution in [0.15, 0.2) is 55.1 Å². The lowest BCUT2D eigenvalue weighted by Gasteiger charge is -2.27. The molecule has 0 radical (unpaired) electrons. The van der Waals surface area contributed by atoms with Gasteiger partial charge in [-0.15, -0.1) is 5.10 Å². The fourth-order valence-corrected chi connectivity index (χ4v) is 5.38. The number of hydrogen-bond acceptors (Lipinski definition) is 7. The summed E-state index contributed by atoms with van der Waals surface area (Å²) < 4.78 is 4.90. The number of imidazole rings is 1. The fourth-order valence-electron chi connectivity index (χ4n) is 4.39. The van der Waals surface area contributed by atoms with Crippen molar-refractivity contribution in [2.75, 3.05) is 5.32 Å². The number of pyridine rings is 1. The molecule has 2 N–H and O–H groups in total. The molecule has 0 amide bonds. The van der Waals surface area contributed by atoms with Crippen molar-refractivity contribution in [1.82, 2.24) is 29.4 Å². The SMILES string of the molecule is OC1CCCCC1Nc1nc2ccc(Cc3cn4ccc(-n5ccnn5)cc4n3)cc2s1. The topological polar surface area (TPSA) is 93.2 Å². The summed E-state index contributed by atoms with van der Waals surface area (Å²) in [7, 11) is 0. The van der Waals surface area contributed by atoms with E-state index in [1.807, 2.05) is 28.9 Å². The minimum atomic E-state index is -0.286. The highest BCUT2D eigenvalue weighted by atomic mass is 32.1. The average Bonchev–Trinajstić information content (AvgIpc) is 3.53. The maximum atomic E-state index is 10.2. The number of benzene rings is 1. The highest BCUT2D eigenvalue weighted by Crippen LogP contribution is 2.30. The third kappa shape index (κ3) is 3.74. The van der Waals surface area contributed by atoms with E-state index in [4.69, 9.17) is 9.97 Å². The van der Waals surface area contributed by atoms with Crippen LogP contribution in [0.2, 0.25) is 0 Å². The summed E-state index contributed by atoms with van der Waals surface area (Å²) in [6.45, 7) is 0. The number of aliphatic hydroxyl groups excluding tert-OH is 1. The first-order valence-electron chi connectivity index (χ1n) is 10.9. The van der Waals surface area contributed by atoms with Crippen molar-refractivity contribution in [3.8, 4) is 5.69 Å². The molecule has 0 spiro atoms. The average molecular weight is 446 g/mol. The Bertz CT molecular complexity index is 1370. The molecule has 0 aliphatic heterocycles. The van der Waals surface area contributed by atoms with Crippen molar-refractivity contribution in [3.63, 3.8) is 0 Å². The van der Waals surface area contributed by atoms with Crippen LogP contribution in [-0.2, 0) is 6.42 Å². The predicted octanol–water partition coefficient (Wildman–Crippen LogP) is 3.83. The Labute approximate surface area is 188 Å². The van der Waals surface area contributed by atoms with Crippen molar-refractivity contribution in [1.29, 1.82) is 0 Å². The Morgan fingerprint density at radius 1 is 1.09 bits per heavy atom. The van der Waals surface area contributed by atoms with Crippen LogP contribution in [0.3, 0.4) is 0 Å². The molecule has 0 bridgehead atoms. The first kappa shape index (κ1) is 19.4. The Kier molecular flexibility index (Phi) is 4.84. The second-order valence-corrected chi connectivity index (χ2v) is 9.36.